The van der Waals surface area contributed by atoms with E-state index in [1.54, 1.807) is 0 Å². The zero-order chi connectivity index (χ0) is 19.2. The number of rotatable bonds is 3. The fourth-order valence-corrected chi connectivity index (χ4v) is 4.19. The van der Waals surface area contributed by atoms with Crippen molar-refractivity contribution in [1.29, 1.82) is 0 Å². The topological polar surface area (TPSA) is 82.3 Å². The summed E-state index contributed by atoms with van der Waals surface area (Å²) in [7, 11) is 0. The first-order valence-corrected chi connectivity index (χ1v) is 9.62. The smallest absolute Gasteiger partial charge is 0.155 e. The highest BCUT2D eigenvalue weighted by molar-refractivity contribution is 5.95. The summed E-state index contributed by atoms with van der Waals surface area (Å²) >= 11 is 0. The van der Waals surface area contributed by atoms with Crippen molar-refractivity contribution in [1.82, 2.24) is 30.7 Å². The fourth-order valence-electron chi connectivity index (χ4n) is 4.19. The molecular weight excluding hydrogens is 360 g/mol. The Labute approximate surface area is 167 Å². The van der Waals surface area contributed by atoms with Crippen LogP contribution in [0, 0.1) is 0 Å². The van der Waals surface area contributed by atoms with Gasteiger partial charge in [-0.3, -0.25) is 10.2 Å². The first-order valence-electron chi connectivity index (χ1n) is 9.62. The van der Waals surface area contributed by atoms with Crippen LogP contribution in [-0.4, -0.2) is 25.4 Å². The van der Waals surface area contributed by atoms with Crippen molar-refractivity contribution >= 4 is 10.9 Å². The third-order valence-electron chi connectivity index (χ3n) is 5.61. The van der Waals surface area contributed by atoms with Gasteiger partial charge in [0.05, 0.1) is 17.3 Å². The third kappa shape index (κ3) is 2.65. The van der Waals surface area contributed by atoms with Gasteiger partial charge in [0, 0.05) is 23.1 Å². The van der Waals surface area contributed by atoms with Gasteiger partial charge >= 0.3 is 0 Å². The Morgan fingerprint density at radius 2 is 1.83 bits per heavy atom. The Bertz CT molecular complexity index is 1320. The minimum Gasteiger partial charge on any atom is -0.302 e. The van der Waals surface area contributed by atoms with Crippen molar-refractivity contribution in [2.45, 2.75) is 12.6 Å². The Kier molecular flexibility index (Phi) is 3.57. The standard InChI is InChI=1S/C23H18N6/c1-2-7-18-17(4-1)12-24-21(18)14-5-3-6-15(10-14)22-19-11-16(23-25-13-26-29-23)8-9-20(19)27-28-22/h1-11,13,21,24H,12H2,(H,27,28)(H,25,26,29). The van der Waals surface area contributed by atoms with Crippen LogP contribution < -0.4 is 5.32 Å². The summed E-state index contributed by atoms with van der Waals surface area (Å²) in [6.07, 6.45) is 1.52. The van der Waals surface area contributed by atoms with E-state index >= 15 is 0 Å². The van der Waals surface area contributed by atoms with E-state index in [4.69, 9.17) is 0 Å². The molecule has 0 saturated carbocycles. The zero-order valence-corrected chi connectivity index (χ0v) is 15.6. The molecule has 3 aromatic carbocycles. The number of benzene rings is 3. The molecule has 1 aliphatic heterocycles. The molecule has 29 heavy (non-hydrogen) atoms. The lowest BCUT2D eigenvalue weighted by atomic mass is 9.96. The predicted molar refractivity (Wildman–Crippen MR) is 112 cm³/mol. The Hall–Kier alpha value is -3.77. The van der Waals surface area contributed by atoms with Crippen molar-refractivity contribution in [3.8, 4) is 22.6 Å². The average molecular weight is 378 g/mol. The molecule has 3 heterocycles. The molecule has 1 atom stereocenters. The molecule has 140 valence electrons. The van der Waals surface area contributed by atoms with Gasteiger partial charge in [-0.1, -0.05) is 42.5 Å². The van der Waals surface area contributed by atoms with Crippen LogP contribution in [0.15, 0.2) is 73.1 Å². The summed E-state index contributed by atoms with van der Waals surface area (Å²) in [4.78, 5) is 4.26. The van der Waals surface area contributed by atoms with Gasteiger partial charge in [-0.15, -0.1) is 0 Å². The second kappa shape index (κ2) is 6.39. The van der Waals surface area contributed by atoms with Gasteiger partial charge in [0.1, 0.15) is 6.33 Å². The first kappa shape index (κ1) is 16.2. The molecule has 6 heteroatoms. The lowest BCUT2D eigenvalue weighted by Gasteiger charge is -2.14. The maximum atomic E-state index is 4.61. The molecule has 0 saturated heterocycles. The molecule has 0 bridgehead atoms. The summed E-state index contributed by atoms with van der Waals surface area (Å²) in [5.41, 5.74) is 7.98. The van der Waals surface area contributed by atoms with E-state index in [9.17, 15) is 0 Å². The second-order valence-corrected chi connectivity index (χ2v) is 7.30. The van der Waals surface area contributed by atoms with Gasteiger partial charge in [-0.25, -0.2) is 4.98 Å². The number of aromatic amines is 2. The summed E-state index contributed by atoms with van der Waals surface area (Å²) < 4.78 is 0. The number of H-pyrrole nitrogens is 2. The highest BCUT2D eigenvalue weighted by Gasteiger charge is 2.23. The van der Waals surface area contributed by atoms with Gasteiger partial charge in [-0.05, 0) is 41.0 Å². The number of nitrogens with one attached hydrogen (secondary N) is 3. The second-order valence-electron chi connectivity index (χ2n) is 7.30. The van der Waals surface area contributed by atoms with Crippen LogP contribution in [0.2, 0.25) is 0 Å². The summed E-state index contributed by atoms with van der Waals surface area (Å²) in [6.45, 7) is 0.900. The van der Waals surface area contributed by atoms with Gasteiger partial charge in [0.2, 0.25) is 0 Å². The van der Waals surface area contributed by atoms with E-state index in [1.807, 2.05) is 12.1 Å². The van der Waals surface area contributed by atoms with Crippen LogP contribution in [0.3, 0.4) is 0 Å². The highest BCUT2D eigenvalue weighted by Crippen LogP contribution is 2.34. The molecule has 6 rings (SSSR count). The minimum absolute atomic E-state index is 0.209. The first-order chi connectivity index (χ1) is 14.4. The largest absolute Gasteiger partial charge is 0.302 e. The molecule has 0 radical (unpaired) electrons. The van der Waals surface area contributed by atoms with E-state index in [-0.39, 0.29) is 6.04 Å². The zero-order valence-electron chi connectivity index (χ0n) is 15.6. The van der Waals surface area contributed by atoms with Crippen molar-refractivity contribution < 1.29 is 0 Å². The van der Waals surface area contributed by atoms with Crippen molar-refractivity contribution in [2.75, 3.05) is 0 Å². The Morgan fingerprint density at radius 3 is 2.76 bits per heavy atom. The van der Waals surface area contributed by atoms with Gasteiger partial charge in [0.25, 0.3) is 0 Å². The van der Waals surface area contributed by atoms with E-state index in [2.05, 4.69) is 85.3 Å². The lowest BCUT2D eigenvalue weighted by Crippen LogP contribution is -2.13. The summed E-state index contributed by atoms with van der Waals surface area (Å²) in [6, 6.07) is 23.6. The monoisotopic (exact) mass is 378 g/mol. The van der Waals surface area contributed by atoms with Crippen LogP contribution in [0.5, 0.6) is 0 Å². The molecule has 0 amide bonds. The molecule has 0 spiro atoms. The molecule has 5 aromatic rings. The predicted octanol–water partition coefficient (Wildman–Crippen LogP) is 4.21. The maximum absolute atomic E-state index is 4.61. The highest BCUT2D eigenvalue weighted by atomic mass is 15.2. The van der Waals surface area contributed by atoms with Gasteiger partial charge in [-0.2, -0.15) is 10.2 Å². The van der Waals surface area contributed by atoms with Crippen LogP contribution in [0.1, 0.15) is 22.7 Å². The summed E-state index contributed by atoms with van der Waals surface area (Å²) in [5, 5.41) is 19.3. The van der Waals surface area contributed by atoms with E-state index in [0.717, 1.165) is 40.1 Å². The van der Waals surface area contributed by atoms with Crippen molar-refractivity contribution in [3.05, 3.63) is 89.7 Å². The third-order valence-corrected chi connectivity index (χ3v) is 5.61. The van der Waals surface area contributed by atoms with Crippen LogP contribution >= 0.6 is 0 Å². The number of aromatic nitrogens is 5. The molecular formula is C23H18N6. The van der Waals surface area contributed by atoms with Gasteiger partial charge < -0.3 is 5.32 Å². The normalized spacial score (nSPS) is 15.7. The molecule has 0 aliphatic carbocycles. The number of nitrogens with zero attached hydrogens (tertiary/aromatic N) is 3. The molecule has 6 nitrogen and oxygen atoms in total. The minimum atomic E-state index is 0.209. The maximum Gasteiger partial charge on any atom is 0.155 e. The SMILES string of the molecule is c1cc(-c2n[nH]c3ccc(-c4ncn[nH]4)cc23)cc(C2NCc3ccccc32)c1. The fraction of sp³-hybridized carbons (Fsp3) is 0.0870. The van der Waals surface area contributed by atoms with E-state index in [1.165, 1.54) is 23.0 Å². The number of fused-ring (bicyclic) bond motifs is 2. The molecule has 0 fully saturated rings. The quantitative estimate of drug-likeness (QED) is 0.439. The van der Waals surface area contributed by atoms with Crippen LogP contribution in [0.4, 0.5) is 0 Å². The lowest BCUT2D eigenvalue weighted by molar-refractivity contribution is 0.667. The Balaban J connectivity index is 1.44. The van der Waals surface area contributed by atoms with Crippen LogP contribution in [-0.2, 0) is 6.54 Å². The molecule has 1 aliphatic rings. The van der Waals surface area contributed by atoms with E-state index < -0.39 is 0 Å². The number of hydrogen-bond donors (Lipinski definition) is 3. The molecule has 2 aromatic heterocycles. The summed E-state index contributed by atoms with van der Waals surface area (Å²) in [5.74, 6) is 0.750. The average Bonchev–Trinajstić information content (AvgIpc) is 3.52. The van der Waals surface area contributed by atoms with Crippen molar-refractivity contribution in [3.63, 3.8) is 0 Å². The van der Waals surface area contributed by atoms with Gasteiger partial charge in [0.15, 0.2) is 5.82 Å². The van der Waals surface area contributed by atoms with Crippen LogP contribution in [0.25, 0.3) is 33.5 Å². The van der Waals surface area contributed by atoms with E-state index in [0.29, 0.717) is 0 Å². The Morgan fingerprint density at radius 1 is 0.862 bits per heavy atom. The molecule has 1 unspecified atom stereocenters. The van der Waals surface area contributed by atoms with Crippen molar-refractivity contribution in [2.24, 2.45) is 0 Å². The molecule has 3 N–H and O–H groups in total. The number of hydrogen-bond acceptors (Lipinski definition) is 4.